The van der Waals surface area contributed by atoms with Crippen molar-refractivity contribution in [1.29, 1.82) is 0 Å². The van der Waals surface area contributed by atoms with Crippen LogP contribution < -0.4 is 5.32 Å². The molecule has 18 heavy (non-hydrogen) atoms. The molecule has 0 spiro atoms. The van der Waals surface area contributed by atoms with Crippen molar-refractivity contribution in [2.24, 2.45) is 11.3 Å². The fourth-order valence-corrected chi connectivity index (χ4v) is 1.63. The summed E-state index contributed by atoms with van der Waals surface area (Å²) in [6.45, 7) is 11.9. The number of anilines is 1. The van der Waals surface area contributed by atoms with E-state index in [9.17, 15) is 0 Å². The van der Waals surface area contributed by atoms with Gasteiger partial charge in [-0.15, -0.1) is 5.10 Å². The Morgan fingerprint density at radius 2 is 2.11 bits per heavy atom. The molecule has 2 aromatic rings. The van der Waals surface area contributed by atoms with Gasteiger partial charge >= 0.3 is 0 Å². The minimum absolute atomic E-state index is 0.229. The molecule has 2 rings (SSSR count). The van der Waals surface area contributed by atoms with E-state index in [0.717, 1.165) is 17.8 Å². The van der Waals surface area contributed by atoms with E-state index in [1.54, 1.807) is 0 Å². The van der Waals surface area contributed by atoms with E-state index in [0.29, 0.717) is 11.9 Å². The second-order valence-electron chi connectivity index (χ2n) is 5.89. The molecule has 0 saturated heterocycles. The first kappa shape index (κ1) is 12.9. The van der Waals surface area contributed by atoms with Gasteiger partial charge in [0.15, 0.2) is 5.65 Å². The minimum atomic E-state index is 0.229. The molecule has 0 atom stereocenters. The van der Waals surface area contributed by atoms with Crippen LogP contribution in [0.2, 0.25) is 0 Å². The molecule has 0 aromatic carbocycles. The predicted octanol–water partition coefficient (Wildman–Crippen LogP) is 3.13. The lowest BCUT2D eigenvalue weighted by Gasteiger charge is -2.28. The molecular weight excluding hydrogens is 224 g/mol. The SMILES string of the molecule is Cc1cccn2nc(NCC(C)(C)C(C)C)nc12. The number of hydrogen-bond acceptors (Lipinski definition) is 3. The maximum atomic E-state index is 4.52. The van der Waals surface area contributed by atoms with Crippen LogP contribution in [-0.4, -0.2) is 21.1 Å². The highest BCUT2D eigenvalue weighted by Gasteiger charge is 2.22. The van der Waals surface area contributed by atoms with E-state index in [1.807, 2.05) is 29.8 Å². The van der Waals surface area contributed by atoms with Crippen molar-refractivity contribution < 1.29 is 0 Å². The first-order valence-electron chi connectivity index (χ1n) is 6.46. The van der Waals surface area contributed by atoms with Gasteiger partial charge in [0.1, 0.15) is 0 Å². The van der Waals surface area contributed by atoms with Gasteiger partial charge in [-0.1, -0.05) is 33.8 Å². The summed E-state index contributed by atoms with van der Waals surface area (Å²) in [5, 5.41) is 7.77. The van der Waals surface area contributed by atoms with Crippen LogP contribution in [0.25, 0.3) is 5.65 Å². The number of hydrogen-bond donors (Lipinski definition) is 1. The summed E-state index contributed by atoms with van der Waals surface area (Å²) in [7, 11) is 0. The number of aromatic nitrogens is 3. The maximum Gasteiger partial charge on any atom is 0.243 e. The van der Waals surface area contributed by atoms with E-state index in [4.69, 9.17) is 0 Å². The summed E-state index contributed by atoms with van der Waals surface area (Å²) in [5.41, 5.74) is 2.29. The number of aryl methyl sites for hydroxylation is 1. The third-order valence-corrected chi connectivity index (χ3v) is 3.82. The zero-order valence-corrected chi connectivity index (χ0v) is 11.9. The molecule has 0 aliphatic carbocycles. The van der Waals surface area contributed by atoms with Crippen LogP contribution >= 0.6 is 0 Å². The molecule has 0 unspecified atom stereocenters. The lowest BCUT2D eigenvalue weighted by molar-refractivity contribution is 0.269. The normalized spacial score (nSPS) is 12.3. The second kappa shape index (κ2) is 4.59. The molecule has 0 fully saturated rings. The Bertz CT molecular complexity index is 540. The molecule has 2 heterocycles. The van der Waals surface area contributed by atoms with Crippen LogP contribution in [0.5, 0.6) is 0 Å². The van der Waals surface area contributed by atoms with Crippen molar-refractivity contribution in [3.63, 3.8) is 0 Å². The lowest BCUT2D eigenvalue weighted by atomic mass is 9.81. The Kier molecular flexibility index (Phi) is 3.28. The molecule has 0 aliphatic heterocycles. The van der Waals surface area contributed by atoms with Gasteiger partial charge in [0.2, 0.25) is 5.95 Å². The zero-order valence-electron chi connectivity index (χ0n) is 11.9. The van der Waals surface area contributed by atoms with Crippen molar-refractivity contribution in [1.82, 2.24) is 14.6 Å². The number of pyridine rings is 1. The standard InChI is InChI=1S/C14H22N4/c1-10(2)14(4,5)9-15-13-16-12-11(3)7-6-8-18(12)17-13/h6-8,10H,9H2,1-5H3,(H,15,17). The Morgan fingerprint density at radius 3 is 2.72 bits per heavy atom. The Balaban J connectivity index is 2.16. The van der Waals surface area contributed by atoms with Crippen LogP contribution in [0.4, 0.5) is 5.95 Å². The van der Waals surface area contributed by atoms with Gasteiger partial charge in [-0.3, -0.25) is 0 Å². The van der Waals surface area contributed by atoms with Crippen LogP contribution in [0.15, 0.2) is 18.3 Å². The number of fused-ring (bicyclic) bond motifs is 1. The van der Waals surface area contributed by atoms with Crippen molar-refractivity contribution in [3.8, 4) is 0 Å². The monoisotopic (exact) mass is 246 g/mol. The van der Waals surface area contributed by atoms with Crippen molar-refractivity contribution >= 4 is 11.6 Å². The summed E-state index contributed by atoms with van der Waals surface area (Å²) in [4.78, 5) is 4.52. The van der Waals surface area contributed by atoms with Gasteiger partial charge in [0, 0.05) is 12.7 Å². The third-order valence-electron chi connectivity index (χ3n) is 3.82. The van der Waals surface area contributed by atoms with Crippen molar-refractivity contribution in [2.75, 3.05) is 11.9 Å². The van der Waals surface area contributed by atoms with Crippen LogP contribution in [-0.2, 0) is 0 Å². The molecule has 0 aliphatic rings. The average molecular weight is 246 g/mol. The van der Waals surface area contributed by atoms with E-state index in [-0.39, 0.29) is 5.41 Å². The fourth-order valence-electron chi connectivity index (χ4n) is 1.63. The highest BCUT2D eigenvalue weighted by atomic mass is 15.3. The van der Waals surface area contributed by atoms with Crippen LogP contribution in [0.1, 0.15) is 33.3 Å². The van der Waals surface area contributed by atoms with E-state index >= 15 is 0 Å². The van der Waals surface area contributed by atoms with Gasteiger partial charge < -0.3 is 5.32 Å². The van der Waals surface area contributed by atoms with E-state index in [2.05, 4.69) is 43.1 Å². The molecule has 4 heteroatoms. The molecule has 4 nitrogen and oxygen atoms in total. The Labute approximate surface area is 108 Å². The highest BCUT2D eigenvalue weighted by molar-refractivity contribution is 5.49. The lowest BCUT2D eigenvalue weighted by Crippen LogP contribution is -2.28. The molecule has 0 saturated carbocycles. The first-order valence-corrected chi connectivity index (χ1v) is 6.46. The largest absolute Gasteiger partial charge is 0.352 e. The summed E-state index contributed by atoms with van der Waals surface area (Å²) in [6.07, 6.45) is 1.92. The van der Waals surface area contributed by atoms with Gasteiger partial charge in [-0.25, -0.2) is 4.52 Å². The second-order valence-corrected chi connectivity index (χ2v) is 5.89. The summed E-state index contributed by atoms with van der Waals surface area (Å²) in [6, 6.07) is 4.03. The summed E-state index contributed by atoms with van der Waals surface area (Å²) in [5.74, 6) is 1.32. The van der Waals surface area contributed by atoms with Crippen molar-refractivity contribution in [2.45, 2.75) is 34.6 Å². The van der Waals surface area contributed by atoms with Gasteiger partial charge in [-0.2, -0.15) is 4.98 Å². The smallest absolute Gasteiger partial charge is 0.243 e. The number of rotatable bonds is 4. The number of nitrogens with zero attached hydrogens (tertiary/aromatic N) is 3. The average Bonchev–Trinajstić information content (AvgIpc) is 2.71. The van der Waals surface area contributed by atoms with Crippen LogP contribution in [0.3, 0.4) is 0 Å². The highest BCUT2D eigenvalue weighted by Crippen LogP contribution is 2.25. The zero-order chi connectivity index (χ0) is 13.3. The van der Waals surface area contributed by atoms with Gasteiger partial charge in [-0.05, 0) is 29.9 Å². The molecular formula is C14H22N4. The summed E-state index contributed by atoms with van der Waals surface area (Å²) < 4.78 is 1.82. The molecule has 0 bridgehead atoms. The maximum absolute atomic E-state index is 4.52. The predicted molar refractivity (Wildman–Crippen MR) is 74.8 cm³/mol. The Hall–Kier alpha value is -1.58. The quantitative estimate of drug-likeness (QED) is 0.901. The Morgan fingerprint density at radius 1 is 1.39 bits per heavy atom. The molecule has 0 amide bonds. The van der Waals surface area contributed by atoms with Crippen molar-refractivity contribution in [3.05, 3.63) is 23.9 Å². The van der Waals surface area contributed by atoms with Crippen LogP contribution in [0, 0.1) is 18.3 Å². The van der Waals surface area contributed by atoms with Gasteiger partial charge in [0.05, 0.1) is 0 Å². The first-order chi connectivity index (χ1) is 8.40. The fraction of sp³-hybridized carbons (Fsp3) is 0.571. The van der Waals surface area contributed by atoms with Gasteiger partial charge in [0.25, 0.3) is 0 Å². The topological polar surface area (TPSA) is 42.2 Å². The molecule has 2 aromatic heterocycles. The molecule has 1 N–H and O–H groups in total. The molecule has 0 radical (unpaired) electrons. The summed E-state index contributed by atoms with van der Waals surface area (Å²) >= 11 is 0. The molecule has 98 valence electrons. The third kappa shape index (κ3) is 2.47. The minimum Gasteiger partial charge on any atom is -0.352 e. The van der Waals surface area contributed by atoms with E-state index in [1.165, 1.54) is 0 Å². The number of nitrogens with one attached hydrogen (secondary N) is 1. The van der Waals surface area contributed by atoms with E-state index < -0.39 is 0 Å².